The maximum Gasteiger partial charge on any atom is 0.251 e. The maximum absolute atomic E-state index is 12.3. The predicted molar refractivity (Wildman–Crippen MR) is 137 cm³/mol. The summed E-state index contributed by atoms with van der Waals surface area (Å²) in [5.74, 6) is -0.183. The third-order valence-electron chi connectivity index (χ3n) is 5.73. The van der Waals surface area contributed by atoms with Crippen LogP contribution in [0.4, 0.5) is 10.3 Å². The van der Waals surface area contributed by atoms with Gasteiger partial charge in [-0.3, -0.25) is 14.5 Å². The van der Waals surface area contributed by atoms with Crippen molar-refractivity contribution in [2.45, 2.75) is 13.0 Å². The van der Waals surface area contributed by atoms with Gasteiger partial charge in [0.05, 0.1) is 13.0 Å². The van der Waals surface area contributed by atoms with Crippen molar-refractivity contribution in [2.75, 3.05) is 56.7 Å². The molecule has 1 aromatic heterocycles. The molecular formula is C25H30N6O3S. The van der Waals surface area contributed by atoms with Crippen LogP contribution in [0.3, 0.4) is 0 Å². The Hall–Kier alpha value is -3.34. The van der Waals surface area contributed by atoms with Gasteiger partial charge in [0.25, 0.3) is 5.91 Å². The zero-order valence-electron chi connectivity index (χ0n) is 19.8. The van der Waals surface area contributed by atoms with Crippen LogP contribution in [-0.4, -0.2) is 73.4 Å². The molecule has 184 valence electrons. The molecule has 0 spiro atoms. The second kappa shape index (κ2) is 12.4. The summed E-state index contributed by atoms with van der Waals surface area (Å²) in [6, 6.07) is 17.4. The Bertz CT molecular complexity index is 1100. The number of benzene rings is 2. The Labute approximate surface area is 209 Å². The molecule has 2 aromatic carbocycles. The lowest BCUT2D eigenvalue weighted by Crippen LogP contribution is -2.45. The zero-order chi connectivity index (χ0) is 24.5. The number of ether oxygens (including phenoxy) is 1. The molecule has 4 rings (SSSR count). The van der Waals surface area contributed by atoms with Gasteiger partial charge in [0.2, 0.25) is 16.2 Å². The first-order valence-corrected chi connectivity index (χ1v) is 12.4. The van der Waals surface area contributed by atoms with Crippen molar-refractivity contribution in [3.8, 4) is 0 Å². The molecule has 0 bridgehead atoms. The molecule has 2 heterocycles. The molecule has 1 aliphatic rings. The molecule has 1 fully saturated rings. The Morgan fingerprint density at radius 1 is 0.971 bits per heavy atom. The van der Waals surface area contributed by atoms with Crippen molar-refractivity contribution in [1.29, 1.82) is 0 Å². The average molecular weight is 495 g/mol. The molecule has 2 amide bonds. The molecule has 2 N–H and O–H groups in total. The Balaban J connectivity index is 1.21. The van der Waals surface area contributed by atoms with E-state index in [-0.39, 0.29) is 11.8 Å². The van der Waals surface area contributed by atoms with Gasteiger partial charge >= 0.3 is 0 Å². The van der Waals surface area contributed by atoms with Crippen molar-refractivity contribution < 1.29 is 14.3 Å². The largest absolute Gasteiger partial charge is 0.383 e. The Morgan fingerprint density at radius 2 is 1.71 bits per heavy atom. The van der Waals surface area contributed by atoms with Gasteiger partial charge in [0.1, 0.15) is 0 Å². The van der Waals surface area contributed by atoms with Crippen LogP contribution in [0.15, 0.2) is 54.6 Å². The average Bonchev–Trinajstić information content (AvgIpc) is 3.34. The molecule has 0 atom stereocenters. The van der Waals surface area contributed by atoms with E-state index in [1.165, 1.54) is 16.9 Å². The van der Waals surface area contributed by atoms with Gasteiger partial charge in [0, 0.05) is 51.9 Å². The number of anilines is 2. The Kier molecular flexibility index (Phi) is 8.77. The fraction of sp³-hybridized carbons (Fsp3) is 0.360. The number of carbonyl (C=O) groups is 2. The van der Waals surface area contributed by atoms with Crippen LogP contribution in [0.25, 0.3) is 0 Å². The van der Waals surface area contributed by atoms with Crippen LogP contribution in [-0.2, 0) is 22.5 Å². The van der Waals surface area contributed by atoms with Crippen molar-refractivity contribution >= 4 is 33.4 Å². The standard InChI is InChI=1S/C25H30N6O3S/c1-34-16-11-26-23(33)21-9-7-20(8-10-21)18-30-12-14-31(15-13-30)25-29-28-24(35-25)27-22(32)17-19-5-3-2-4-6-19/h2-10H,11-18H2,1H3,(H,26,33)(H,27,28,32). The predicted octanol–water partition coefficient (Wildman–Crippen LogP) is 2.42. The highest BCUT2D eigenvalue weighted by Gasteiger charge is 2.21. The number of amides is 2. The number of carbonyl (C=O) groups excluding carboxylic acids is 2. The highest BCUT2D eigenvalue weighted by Crippen LogP contribution is 2.25. The molecule has 1 saturated heterocycles. The van der Waals surface area contributed by atoms with E-state index in [1.807, 2.05) is 54.6 Å². The molecule has 0 aliphatic carbocycles. The van der Waals surface area contributed by atoms with Crippen molar-refractivity contribution in [3.05, 3.63) is 71.3 Å². The first-order valence-electron chi connectivity index (χ1n) is 11.6. The van der Waals surface area contributed by atoms with E-state index < -0.39 is 0 Å². The van der Waals surface area contributed by atoms with Crippen LogP contribution in [0.5, 0.6) is 0 Å². The molecule has 0 saturated carbocycles. The number of nitrogens with one attached hydrogen (secondary N) is 2. The maximum atomic E-state index is 12.3. The fourth-order valence-electron chi connectivity index (χ4n) is 3.82. The van der Waals surface area contributed by atoms with E-state index in [0.29, 0.717) is 30.3 Å². The molecule has 1 aliphatic heterocycles. The molecule has 10 heteroatoms. The normalized spacial score (nSPS) is 14.0. The summed E-state index contributed by atoms with van der Waals surface area (Å²) >= 11 is 1.40. The summed E-state index contributed by atoms with van der Waals surface area (Å²) in [6.07, 6.45) is 0.313. The van der Waals surface area contributed by atoms with E-state index in [4.69, 9.17) is 4.74 Å². The van der Waals surface area contributed by atoms with E-state index in [2.05, 4.69) is 30.6 Å². The molecular weight excluding hydrogens is 464 g/mol. The molecule has 0 unspecified atom stereocenters. The third kappa shape index (κ3) is 7.32. The van der Waals surface area contributed by atoms with E-state index in [9.17, 15) is 9.59 Å². The topological polar surface area (TPSA) is 99.7 Å². The second-order valence-corrected chi connectivity index (χ2v) is 9.27. The second-order valence-electron chi connectivity index (χ2n) is 8.31. The summed E-state index contributed by atoms with van der Waals surface area (Å²) in [5, 5.41) is 15.5. The Morgan fingerprint density at radius 3 is 2.43 bits per heavy atom. The SMILES string of the molecule is COCCNC(=O)c1ccc(CN2CCN(c3nnc(NC(=O)Cc4ccccc4)s3)CC2)cc1. The van der Waals surface area contributed by atoms with Gasteiger partial charge in [-0.05, 0) is 23.3 Å². The lowest BCUT2D eigenvalue weighted by atomic mass is 10.1. The van der Waals surface area contributed by atoms with E-state index in [0.717, 1.165) is 43.4 Å². The first kappa shape index (κ1) is 24.8. The molecule has 35 heavy (non-hydrogen) atoms. The van der Waals surface area contributed by atoms with Gasteiger partial charge < -0.3 is 20.3 Å². The summed E-state index contributed by atoms with van der Waals surface area (Å²) in [5.41, 5.74) is 2.79. The van der Waals surface area contributed by atoms with E-state index >= 15 is 0 Å². The van der Waals surface area contributed by atoms with Gasteiger partial charge in [-0.25, -0.2) is 0 Å². The van der Waals surface area contributed by atoms with Crippen LogP contribution >= 0.6 is 11.3 Å². The zero-order valence-corrected chi connectivity index (χ0v) is 20.6. The lowest BCUT2D eigenvalue weighted by molar-refractivity contribution is -0.115. The fourth-order valence-corrected chi connectivity index (χ4v) is 4.64. The number of rotatable bonds is 10. The minimum atomic E-state index is -0.0952. The van der Waals surface area contributed by atoms with E-state index in [1.54, 1.807) is 7.11 Å². The third-order valence-corrected chi connectivity index (χ3v) is 6.62. The lowest BCUT2D eigenvalue weighted by Gasteiger charge is -2.34. The van der Waals surface area contributed by atoms with Crippen LogP contribution < -0.4 is 15.5 Å². The summed E-state index contributed by atoms with van der Waals surface area (Å²) < 4.78 is 4.96. The number of nitrogens with zero attached hydrogens (tertiary/aromatic N) is 4. The number of hydrogen-bond donors (Lipinski definition) is 2. The number of hydrogen-bond acceptors (Lipinski definition) is 8. The van der Waals surface area contributed by atoms with Crippen molar-refractivity contribution in [1.82, 2.24) is 20.4 Å². The highest BCUT2D eigenvalue weighted by atomic mass is 32.1. The summed E-state index contributed by atoms with van der Waals surface area (Å²) in [4.78, 5) is 29.0. The highest BCUT2D eigenvalue weighted by molar-refractivity contribution is 7.19. The van der Waals surface area contributed by atoms with Crippen molar-refractivity contribution in [2.24, 2.45) is 0 Å². The van der Waals surface area contributed by atoms with Crippen LogP contribution in [0.1, 0.15) is 21.5 Å². The number of methoxy groups -OCH3 is 1. The molecule has 9 nitrogen and oxygen atoms in total. The monoisotopic (exact) mass is 494 g/mol. The quantitative estimate of drug-likeness (QED) is 0.418. The van der Waals surface area contributed by atoms with Gasteiger partial charge in [0.15, 0.2) is 0 Å². The van der Waals surface area contributed by atoms with Crippen LogP contribution in [0.2, 0.25) is 0 Å². The smallest absolute Gasteiger partial charge is 0.251 e. The van der Waals surface area contributed by atoms with Gasteiger partial charge in [-0.1, -0.05) is 53.8 Å². The number of aromatic nitrogens is 2. The van der Waals surface area contributed by atoms with Crippen molar-refractivity contribution in [3.63, 3.8) is 0 Å². The first-order chi connectivity index (χ1) is 17.1. The summed E-state index contributed by atoms with van der Waals surface area (Å²) in [7, 11) is 1.61. The minimum absolute atomic E-state index is 0.0881. The van der Waals surface area contributed by atoms with Crippen LogP contribution in [0, 0.1) is 0 Å². The summed E-state index contributed by atoms with van der Waals surface area (Å²) in [6.45, 7) is 5.30. The number of piperazine rings is 1. The van der Waals surface area contributed by atoms with Gasteiger partial charge in [-0.15, -0.1) is 10.2 Å². The minimum Gasteiger partial charge on any atom is -0.383 e. The molecule has 3 aromatic rings. The van der Waals surface area contributed by atoms with Gasteiger partial charge in [-0.2, -0.15) is 0 Å². The molecule has 0 radical (unpaired) electrons.